The molecule has 0 aromatic carbocycles. The highest BCUT2D eigenvalue weighted by Crippen LogP contribution is 2.24. The van der Waals surface area contributed by atoms with Crippen molar-refractivity contribution in [1.29, 1.82) is 0 Å². The molecule has 1 unspecified atom stereocenters. The normalized spacial score (nSPS) is 20.4. The molecule has 1 fully saturated rings. The van der Waals surface area contributed by atoms with Gasteiger partial charge in [-0.05, 0) is 18.9 Å². The molecule has 25 heavy (non-hydrogen) atoms. The molecule has 0 aliphatic carbocycles. The zero-order valence-corrected chi connectivity index (χ0v) is 14.0. The molecule has 2 aliphatic heterocycles. The van der Waals surface area contributed by atoms with Gasteiger partial charge in [0.05, 0.1) is 31.7 Å². The zero-order valence-electron chi connectivity index (χ0n) is 14.0. The molecule has 1 atom stereocenters. The second-order valence-corrected chi connectivity index (χ2v) is 6.37. The van der Waals surface area contributed by atoms with Gasteiger partial charge in [-0.25, -0.2) is 10.0 Å². The number of nitrogens with zero attached hydrogens (tertiary/aromatic N) is 6. The lowest BCUT2D eigenvalue weighted by Crippen LogP contribution is -2.49. The van der Waals surface area contributed by atoms with Crippen LogP contribution in [0.4, 0.5) is 0 Å². The standard InChI is InChI=1S/C16H20N6O3/c1-19-9-13(17-11-19)15(23)20-8-12-4-5-18-22(12)14(10-20)16(24)21-6-2-3-7-25-21/h4-5,9,11,14H,2-3,6-8,10H2,1H3. The molecule has 4 rings (SSSR count). The highest BCUT2D eigenvalue weighted by molar-refractivity contribution is 5.92. The SMILES string of the molecule is Cn1cnc(C(=O)N2Cc3ccnn3C(C(=O)N3CCCCO3)C2)c1. The van der Waals surface area contributed by atoms with Crippen LogP contribution in [0.2, 0.25) is 0 Å². The number of aromatic nitrogens is 4. The summed E-state index contributed by atoms with van der Waals surface area (Å²) in [6.07, 6.45) is 6.79. The van der Waals surface area contributed by atoms with Crippen molar-refractivity contribution < 1.29 is 14.4 Å². The van der Waals surface area contributed by atoms with Gasteiger partial charge in [0, 0.05) is 26.0 Å². The van der Waals surface area contributed by atoms with Crippen molar-refractivity contribution in [3.8, 4) is 0 Å². The molecule has 0 spiro atoms. The van der Waals surface area contributed by atoms with E-state index in [-0.39, 0.29) is 18.4 Å². The van der Waals surface area contributed by atoms with Crippen molar-refractivity contribution in [2.24, 2.45) is 7.05 Å². The third-order valence-corrected chi connectivity index (χ3v) is 4.54. The number of fused-ring (bicyclic) bond motifs is 1. The minimum atomic E-state index is -0.579. The van der Waals surface area contributed by atoms with E-state index in [1.807, 2.05) is 13.1 Å². The number of aryl methyl sites for hydroxylation is 1. The lowest BCUT2D eigenvalue weighted by atomic mass is 10.1. The summed E-state index contributed by atoms with van der Waals surface area (Å²) in [6, 6.07) is 1.25. The molecular formula is C16H20N6O3. The minimum absolute atomic E-state index is 0.164. The van der Waals surface area contributed by atoms with Crippen LogP contribution in [-0.2, 0) is 23.2 Å². The van der Waals surface area contributed by atoms with E-state index in [9.17, 15) is 9.59 Å². The first-order chi connectivity index (χ1) is 12.1. The molecule has 2 aromatic rings. The quantitative estimate of drug-likeness (QED) is 0.786. The van der Waals surface area contributed by atoms with Gasteiger partial charge in [0.25, 0.3) is 11.8 Å². The number of hydroxylamine groups is 2. The average molecular weight is 344 g/mol. The summed E-state index contributed by atoms with van der Waals surface area (Å²) in [7, 11) is 1.81. The molecule has 2 amide bonds. The molecular weight excluding hydrogens is 324 g/mol. The second kappa shape index (κ2) is 6.32. The molecule has 0 radical (unpaired) electrons. The number of carbonyl (C=O) groups excluding carboxylic acids is 2. The van der Waals surface area contributed by atoms with Crippen molar-refractivity contribution in [3.63, 3.8) is 0 Å². The third kappa shape index (κ3) is 2.91. The number of rotatable bonds is 2. The summed E-state index contributed by atoms with van der Waals surface area (Å²) in [5.41, 5.74) is 1.20. The first kappa shape index (κ1) is 15.8. The van der Waals surface area contributed by atoms with Crippen molar-refractivity contribution >= 4 is 11.8 Å². The van der Waals surface area contributed by atoms with Gasteiger partial charge >= 0.3 is 0 Å². The Morgan fingerprint density at radius 2 is 2.20 bits per heavy atom. The smallest absolute Gasteiger partial charge is 0.274 e. The van der Waals surface area contributed by atoms with E-state index in [0.717, 1.165) is 18.5 Å². The molecule has 9 heteroatoms. The summed E-state index contributed by atoms with van der Waals surface area (Å²) in [5.74, 6) is -0.353. The largest absolute Gasteiger partial charge is 0.340 e. The predicted octanol–water partition coefficient (Wildman–Crippen LogP) is 0.368. The van der Waals surface area contributed by atoms with Crippen LogP contribution in [0.1, 0.15) is 35.1 Å². The first-order valence-electron chi connectivity index (χ1n) is 8.37. The summed E-state index contributed by atoms with van der Waals surface area (Å²) in [6.45, 7) is 1.77. The fourth-order valence-electron chi connectivity index (χ4n) is 3.25. The third-order valence-electron chi connectivity index (χ3n) is 4.54. The summed E-state index contributed by atoms with van der Waals surface area (Å²) in [5, 5.41) is 5.69. The summed E-state index contributed by atoms with van der Waals surface area (Å²) in [4.78, 5) is 36.9. The molecule has 0 N–H and O–H groups in total. The number of hydrogen-bond donors (Lipinski definition) is 0. The van der Waals surface area contributed by atoms with E-state index in [4.69, 9.17) is 4.84 Å². The maximum Gasteiger partial charge on any atom is 0.274 e. The van der Waals surface area contributed by atoms with Gasteiger partial charge in [0.2, 0.25) is 0 Å². The van der Waals surface area contributed by atoms with Gasteiger partial charge < -0.3 is 9.47 Å². The lowest BCUT2D eigenvalue weighted by Gasteiger charge is -2.36. The maximum absolute atomic E-state index is 12.9. The summed E-state index contributed by atoms with van der Waals surface area (Å²) < 4.78 is 3.42. The van der Waals surface area contributed by atoms with E-state index in [1.54, 1.807) is 32.9 Å². The lowest BCUT2D eigenvalue weighted by molar-refractivity contribution is -0.201. The van der Waals surface area contributed by atoms with Crippen LogP contribution in [0, 0.1) is 0 Å². The Labute approximate surface area is 144 Å². The van der Waals surface area contributed by atoms with Crippen molar-refractivity contribution in [1.82, 2.24) is 29.3 Å². The van der Waals surface area contributed by atoms with E-state index in [2.05, 4.69) is 10.1 Å². The number of carbonyl (C=O) groups is 2. The molecule has 132 valence electrons. The van der Waals surface area contributed by atoms with Crippen LogP contribution in [-0.4, -0.2) is 60.8 Å². The Morgan fingerprint density at radius 1 is 1.32 bits per heavy atom. The van der Waals surface area contributed by atoms with Crippen molar-refractivity contribution in [2.75, 3.05) is 19.7 Å². The van der Waals surface area contributed by atoms with E-state index in [1.165, 1.54) is 5.06 Å². The Bertz CT molecular complexity index is 791. The zero-order chi connectivity index (χ0) is 17.4. The van der Waals surface area contributed by atoms with Crippen LogP contribution in [0.25, 0.3) is 0 Å². The Balaban J connectivity index is 1.59. The fourth-order valence-corrected chi connectivity index (χ4v) is 3.25. The second-order valence-electron chi connectivity index (χ2n) is 6.37. The monoisotopic (exact) mass is 344 g/mol. The Morgan fingerprint density at radius 3 is 2.92 bits per heavy atom. The fraction of sp³-hybridized carbons (Fsp3) is 0.500. The maximum atomic E-state index is 12.9. The van der Waals surface area contributed by atoms with E-state index < -0.39 is 6.04 Å². The van der Waals surface area contributed by atoms with Crippen LogP contribution in [0.5, 0.6) is 0 Å². The number of hydrogen-bond acceptors (Lipinski definition) is 5. The number of amides is 2. The van der Waals surface area contributed by atoms with Crippen LogP contribution >= 0.6 is 0 Å². The number of imidazole rings is 1. The highest BCUT2D eigenvalue weighted by Gasteiger charge is 2.37. The van der Waals surface area contributed by atoms with Crippen LogP contribution in [0.3, 0.4) is 0 Å². The highest BCUT2D eigenvalue weighted by atomic mass is 16.7. The molecule has 2 aromatic heterocycles. The topological polar surface area (TPSA) is 85.5 Å². The van der Waals surface area contributed by atoms with Crippen molar-refractivity contribution in [3.05, 3.63) is 36.2 Å². The minimum Gasteiger partial charge on any atom is -0.340 e. The van der Waals surface area contributed by atoms with E-state index >= 15 is 0 Å². The van der Waals surface area contributed by atoms with Crippen molar-refractivity contribution in [2.45, 2.75) is 25.4 Å². The van der Waals surface area contributed by atoms with Gasteiger partial charge in [-0.1, -0.05) is 0 Å². The van der Waals surface area contributed by atoms with Gasteiger partial charge in [0.1, 0.15) is 5.69 Å². The molecule has 0 bridgehead atoms. The average Bonchev–Trinajstić information content (AvgIpc) is 3.29. The van der Waals surface area contributed by atoms with Crippen LogP contribution < -0.4 is 0 Å². The molecule has 9 nitrogen and oxygen atoms in total. The molecule has 4 heterocycles. The Kier molecular flexibility index (Phi) is 4.00. The van der Waals surface area contributed by atoms with E-state index in [0.29, 0.717) is 25.4 Å². The molecule has 2 aliphatic rings. The van der Waals surface area contributed by atoms with Crippen LogP contribution in [0.15, 0.2) is 24.8 Å². The molecule has 1 saturated heterocycles. The van der Waals surface area contributed by atoms with Gasteiger partial charge in [0.15, 0.2) is 6.04 Å². The van der Waals surface area contributed by atoms with Gasteiger partial charge in [-0.15, -0.1) is 0 Å². The first-order valence-corrected chi connectivity index (χ1v) is 8.37. The molecule has 0 saturated carbocycles. The summed E-state index contributed by atoms with van der Waals surface area (Å²) >= 11 is 0. The van der Waals surface area contributed by atoms with Gasteiger partial charge in [-0.3, -0.25) is 19.1 Å². The van der Waals surface area contributed by atoms with Gasteiger partial charge in [-0.2, -0.15) is 5.10 Å². The Hall–Kier alpha value is -2.68. The predicted molar refractivity (Wildman–Crippen MR) is 86.1 cm³/mol.